The van der Waals surface area contributed by atoms with Crippen LogP contribution in [-0.2, 0) is 9.53 Å². The quantitative estimate of drug-likeness (QED) is 0.775. The van der Waals surface area contributed by atoms with Gasteiger partial charge in [-0.3, -0.25) is 4.79 Å². The van der Waals surface area contributed by atoms with Crippen LogP contribution in [0.15, 0.2) is 0 Å². The molecule has 0 aromatic heterocycles. The first-order valence-corrected chi connectivity index (χ1v) is 6.80. The minimum atomic E-state index is -0.709. The van der Waals surface area contributed by atoms with E-state index in [1.54, 1.807) is 14.2 Å². The van der Waals surface area contributed by atoms with E-state index in [-0.39, 0.29) is 0 Å². The van der Waals surface area contributed by atoms with Crippen molar-refractivity contribution in [2.75, 3.05) is 27.2 Å². The largest absolute Gasteiger partial charge is 0.480 e. The summed E-state index contributed by atoms with van der Waals surface area (Å²) in [7, 11) is 3.53. The molecule has 0 bridgehead atoms. The Labute approximate surface area is 108 Å². The van der Waals surface area contributed by atoms with E-state index in [2.05, 4.69) is 10.2 Å². The molecule has 5 heteroatoms. The van der Waals surface area contributed by atoms with Gasteiger partial charge in [0.1, 0.15) is 5.54 Å². The number of hydrogen-bond acceptors (Lipinski definition) is 4. The number of nitrogens with zero attached hydrogens (tertiary/aromatic N) is 1. The predicted molar refractivity (Wildman–Crippen MR) is 68.7 cm³/mol. The van der Waals surface area contributed by atoms with E-state index in [9.17, 15) is 9.90 Å². The molecule has 2 atom stereocenters. The third kappa shape index (κ3) is 2.53. The van der Waals surface area contributed by atoms with Crippen LogP contribution in [0.2, 0.25) is 0 Å². The first kappa shape index (κ1) is 13.8. The van der Waals surface area contributed by atoms with Crippen LogP contribution in [0.3, 0.4) is 0 Å². The smallest absolute Gasteiger partial charge is 0.323 e. The number of methoxy groups -OCH3 is 1. The van der Waals surface area contributed by atoms with Gasteiger partial charge in [-0.05, 0) is 39.2 Å². The summed E-state index contributed by atoms with van der Waals surface area (Å²) in [4.78, 5) is 13.8. The van der Waals surface area contributed by atoms with Gasteiger partial charge < -0.3 is 20.1 Å². The molecule has 2 unspecified atom stereocenters. The van der Waals surface area contributed by atoms with Crippen molar-refractivity contribution in [2.24, 2.45) is 0 Å². The zero-order valence-electron chi connectivity index (χ0n) is 11.3. The Morgan fingerprint density at radius 3 is 2.50 bits per heavy atom. The molecule has 1 heterocycles. The van der Waals surface area contributed by atoms with Gasteiger partial charge >= 0.3 is 5.97 Å². The lowest BCUT2D eigenvalue weighted by Crippen LogP contribution is -2.50. The fraction of sp³-hybridized carbons (Fsp3) is 0.923. The monoisotopic (exact) mass is 256 g/mol. The lowest BCUT2D eigenvalue weighted by molar-refractivity contribution is -0.144. The average Bonchev–Trinajstić information content (AvgIpc) is 2.84. The molecule has 0 aromatic rings. The summed E-state index contributed by atoms with van der Waals surface area (Å²) >= 11 is 0. The third-order valence-electron chi connectivity index (χ3n) is 4.70. The van der Waals surface area contributed by atoms with Crippen molar-refractivity contribution in [1.82, 2.24) is 10.2 Å². The lowest BCUT2D eigenvalue weighted by atomic mass is 9.97. The molecule has 2 fully saturated rings. The van der Waals surface area contributed by atoms with Crippen molar-refractivity contribution < 1.29 is 14.6 Å². The van der Waals surface area contributed by atoms with E-state index < -0.39 is 11.5 Å². The molecule has 1 saturated heterocycles. The Morgan fingerprint density at radius 1 is 1.39 bits per heavy atom. The van der Waals surface area contributed by atoms with Gasteiger partial charge in [0, 0.05) is 26.2 Å². The first-order valence-electron chi connectivity index (χ1n) is 6.80. The van der Waals surface area contributed by atoms with Gasteiger partial charge in [0.25, 0.3) is 0 Å². The minimum Gasteiger partial charge on any atom is -0.480 e. The Balaban J connectivity index is 1.91. The van der Waals surface area contributed by atoms with Crippen LogP contribution < -0.4 is 5.32 Å². The molecule has 1 aliphatic heterocycles. The topological polar surface area (TPSA) is 61.8 Å². The number of likely N-dealkylation sites (tertiary alicyclic amines) is 1. The molecule has 2 N–H and O–H groups in total. The highest BCUT2D eigenvalue weighted by Gasteiger charge is 2.46. The second kappa shape index (κ2) is 5.55. The standard InChI is InChI=1S/C13H24N2O3/c1-14-13(12(16)17)6-3-10(9-13)15-7-4-11(18-2)5-8-15/h10-11,14H,3-9H2,1-2H3,(H,16,17). The van der Waals surface area contributed by atoms with Gasteiger partial charge in [-0.15, -0.1) is 0 Å². The Morgan fingerprint density at radius 2 is 2.06 bits per heavy atom. The number of hydrogen-bond donors (Lipinski definition) is 2. The number of piperidine rings is 1. The maximum atomic E-state index is 11.4. The highest BCUT2D eigenvalue weighted by molar-refractivity contribution is 5.79. The Kier molecular flexibility index (Phi) is 4.25. The molecular weight excluding hydrogens is 232 g/mol. The van der Waals surface area contributed by atoms with Crippen LogP contribution in [0.25, 0.3) is 0 Å². The second-order valence-electron chi connectivity index (χ2n) is 5.50. The van der Waals surface area contributed by atoms with E-state index in [0.29, 0.717) is 12.1 Å². The van der Waals surface area contributed by atoms with Crippen molar-refractivity contribution in [3.63, 3.8) is 0 Å². The number of nitrogens with one attached hydrogen (secondary N) is 1. The number of carboxylic acid groups (broad SMARTS) is 1. The molecule has 2 aliphatic rings. The summed E-state index contributed by atoms with van der Waals surface area (Å²) < 4.78 is 5.37. The normalized spacial score (nSPS) is 34.9. The first-order chi connectivity index (χ1) is 8.61. The zero-order chi connectivity index (χ0) is 13.2. The van der Waals surface area contributed by atoms with Crippen LogP contribution in [0.5, 0.6) is 0 Å². The lowest BCUT2D eigenvalue weighted by Gasteiger charge is -2.36. The van der Waals surface area contributed by atoms with Gasteiger partial charge in [0.2, 0.25) is 0 Å². The summed E-state index contributed by atoms with van der Waals surface area (Å²) in [5.41, 5.74) is -0.706. The van der Waals surface area contributed by atoms with Crippen LogP contribution >= 0.6 is 0 Å². The summed E-state index contributed by atoms with van der Waals surface area (Å²) in [6.07, 6.45) is 4.94. The van der Waals surface area contributed by atoms with Crippen LogP contribution in [-0.4, -0.2) is 60.9 Å². The molecule has 104 valence electrons. The third-order valence-corrected chi connectivity index (χ3v) is 4.70. The van der Waals surface area contributed by atoms with Crippen molar-refractivity contribution in [3.8, 4) is 0 Å². The van der Waals surface area contributed by atoms with Crippen molar-refractivity contribution >= 4 is 5.97 Å². The fourth-order valence-electron chi connectivity index (χ4n) is 3.34. The van der Waals surface area contributed by atoms with Gasteiger partial charge in [-0.1, -0.05) is 0 Å². The molecular formula is C13H24N2O3. The molecule has 1 aliphatic carbocycles. The maximum Gasteiger partial charge on any atom is 0.323 e. The maximum absolute atomic E-state index is 11.4. The SMILES string of the molecule is CNC1(C(=O)O)CCC(N2CCC(OC)CC2)C1. The summed E-state index contributed by atoms with van der Waals surface area (Å²) in [5.74, 6) is -0.709. The minimum absolute atomic E-state index is 0.385. The van der Waals surface area contributed by atoms with Crippen molar-refractivity contribution in [1.29, 1.82) is 0 Å². The summed E-state index contributed by atoms with van der Waals surface area (Å²) in [6, 6.07) is 0.409. The van der Waals surface area contributed by atoms with Gasteiger partial charge in [-0.2, -0.15) is 0 Å². The molecule has 18 heavy (non-hydrogen) atoms. The van der Waals surface area contributed by atoms with E-state index >= 15 is 0 Å². The number of aliphatic carboxylic acids is 1. The average molecular weight is 256 g/mol. The highest BCUT2D eigenvalue weighted by atomic mass is 16.5. The number of carboxylic acids is 1. The van der Waals surface area contributed by atoms with E-state index in [1.807, 2.05) is 0 Å². The van der Waals surface area contributed by atoms with E-state index in [0.717, 1.165) is 45.2 Å². The Hall–Kier alpha value is -0.650. The molecule has 1 saturated carbocycles. The van der Waals surface area contributed by atoms with Gasteiger partial charge in [0.05, 0.1) is 6.10 Å². The van der Waals surface area contributed by atoms with Crippen LogP contribution in [0.1, 0.15) is 32.1 Å². The zero-order valence-corrected chi connectivity index (χ0v) is 11.3. The van der Waals surface area contributed by atoms with Crippen LogP contribution in [0.4, 0.5) is 0 Å². The predicted octanol–water partition coefficient (Wildman–Crippen LogP) is 0.693. The summed E-state index contributed by atoms with van der Waals surface area (Å²) in [6.45, 7) is 2.06. The fourth-order valence-corrected chi connectivity index (χ4v) is 3.34. The number of rotatable bonds is 4. The highest BCUT2D eigenvalue weighted by Crippen LogP contribution is 2.34. The van der Waals surface area contributed by atoms with E-state index in [1.165, 1.54) is 0 Å². The van der Waals surface area contributed by atoms with Crippen molar-refractivity contribution in [2.45, 2.75) is 49.8 Å². The van der Waals surface area contributed by atoms with Crippen molar-refractivity contribution in [3.05, 3.63) is 0 Å². The number of likely N-dealkylation sites (N-methyl/N-ethyl adjacent to an activating group) is 1. The molecule has 0 spiro atoms. The van der Waals surface area contributed by atoms with E-state index in [4.69, 9.17) is 4.74 Å². The van der Waals surface area contributed by atoms with Crippen LogP contribution in [0, 0.1) is 0 Å². The number of carbonyl (C=O) groups is 1. The molecule has 2 rings (SSSR count). The van der Waals surface area contributed by atoms with Gasteiger partial charge in [-0.25, -0.2) is 0 Å². The molecule has 0 aromatic carbocycles. The number of ether oxygens (including phenoxy) is 1. The molecule has 5 nitrogen and oxygen atoms in total. The molecule has 0 amide bonds. The Bertz CT molecular complexity index is 303. The van der Waals surface area contributed by atoms with Gasteiger partial charge in [0.15, 0.2) is 0 Å². The summed E-state index contributed by atoms with van der Waals surface area (Å²) in [5, 5.41) is 12.4. The molecule has 0 radical (unpaired) electrons. The second-order valence-corrected chi connectivity index (χ2v) is 5.50.